The van der Waals surface area contributed by atoms with Crippen molar-refractivity contribution >= 4 is 34.8 Å². The van der Waals surface area contributed by atoms with Crippen molar-refractivity contribution in [3.63, 3.8) is 0 Å². The van der Waals surface area contributed by atoms with Crippen molar-refractivity contribution < 1.29 is 9.53 Å². The molecule has 0 bridgehead atoms. The molecule has 1 aliphatic rings. The average molecular weight is 363 g/mol. The van der Waals surface area contributed by atoms with Gasteiger partial charge in [-0.05, 0) is 48.0 Å². The Bertz CT molecular complexity index is 1030. The number of fused-ring (bicyclic) bond motifs is 1. The van der Waals surface area contributed by atoms with E-state index in [0.717, 1.165) is 33.7 Å². The number of benzene rings is 2. The van der Waals surface area contributed by atoms with Crippen LogP contribution in [0.5, 0.6) is 5.75 Å². The first-order valence-electron chi connectivity index (χ1n) is 8.07. The number of methoxy groups -OCH3 is 1. The first-order valence-corrected chi connectivity index (χ1v) is 8.45. The SMILES string of the molecule is COc1ccc(/C=C2\C(=O)Nc3ccc(Cl)cc32)cc1-c1cccnc1. The monoisotopic (exact) mass is 362 g/mol. The van der Waals surface area contributed by atoms with E-state index in [1.54, 1.807) is 31.6 Å². The summed E-state index contributed by atoms with van der Waals surface area (Å²) >= 11 is 6.09. The number of nitrogens with zero attached hydrogens (tertiary/aromatic N) is 1. The van der Waals surface area contributed by atoms with Crippen LogP contribution in [0.4, 0.5) is 5.69 Å². The molecule has 0 radical (unpaired) electrons. The molecule has 3 aromatic rings. The summed E-state index contributed by atoms with van der Waals surface area (Å²) < 4.78 is 5.47. The van der Waals surface area contributed by atoms with Gasteiger partial charge in [-0.1, -0.05) is 23.7 Å². The van der Waals surface area contributed by atoms with Crippen molar-refractivity contribution in [3.05, 3.63) is 77.1 Å². The van der Waals surface area contributed by atoms with Gasteiger partial charge in [-0.3, -0.25) is 9.78 Å². The highest BCUT2D eigenvalue weighted by molar-refractivity contribution is 6.36. The Morgan fingerprint density at radius 2 is 2.00 bits per heavy atom. The number of halogens is 1. The van der Waals surface area contributed by atoms with Gasteiger partial charge >= 0.3 is 0 Å². The third-order valence-corrected chi connectivity index (χ3v) is 4.51. The third-order valence-electron chi connectivity index (χ3n) is 4.27. The van der Waals surface area contributed by atoms with E-state index in [2.05, 4.69) is 10.3 Å². The quantitative estimate of drug-likeness (QED) is 0.674. The second-order valence-electron chi connectivity index (χ2n) is 5.90. The Labute approximate surface area is 156 Å². The van der Waals surface area contributed by atoms with Gasteiger partial charge in [0.05, 0.1) is 7.11 Å². The fourth-order valence-electron chi connectivity index (χ4n) is 3.03. The number of hydrogen-bond donors (Lipinski definition) is 1. The molecule has 1 N–H and O–H groups in total. The zero-order valence-electron chi connectivity index (χ0n) is 14.0. The third kappa shape index (κ3) is 2.95. The maximum absolute atomic E-state index is 12.4. The van der Waals surface area contributed by atoms with Crippen LogP contribution in [-0.4, -0.2) is 18.0 Å². The topological polar surface area (TPSA) is 51.2 Å². The van der Waals surface area contributed by atoms with Crippen LogP contribution in [0.3, 0.4) is 0 Å². The Morgan fingerprint density at radius 3 is 2.77 bits per heavy atom. The molecule has 5 heteroatoms. The van der Waals surface area contributed by atoms with Gasteiger partial charge in [0.15, 0.2) is 0 Å². The summed E-state index contributed by atoms with van der Waals surface area (Å²) in [5.41, 5.74) is 4.92. The number of nitrogens with one attached hydrogen (secondary N) is 1. The molecule has 0 unspecified atom stereocenters. The van der Waals surface area contributed by atoms with E-state index in [0.29, 0.717) is 10.6 Å². The zero-order valence-corrected chi connectivity index (χ0v) is 14.7. The molecule has 1 amide bonds. The molecule has 1 aromatic heterocycles. The van der Waals surface area contributed by atoms with Gasteiger partial charge in [0.25, 0.3) is 5.91 Å². The van der Waals surface area contributed by atoms with E-state index in [4.69, 9.17) is 16.3 Å². The van der Waals surface area contributed by atoms with Gasteiger partial charge in [0.2, 0.25) is 0 Å². The summed E-state index contributed by atoms with van der Waals surface area (Å²) in [6.45, 7) is 0. The molecule has 0 saturated carbocycles. The molecule has 4 rings (SSSR count). The van der Waals surface area contributed by atoms with Crippen molar-refractivity contribution in [1.82, 2.24) is 4.98 Å². The van der Waals surface area contributed by atoms with Crippen LogP contribution in [0.2, 0.25) is 5.02 Å². The van der Waals surface area contributed by atoms with Crippen molar-refractivity contribution in [1.29, 1.82) is 0 Å². The maximum atomic E-state index is 12.4. The fraction of sp³-hybridized carbons (Fsp3) is 0.0476. The summed E-state index contributed by atoms with van der Waals surface area (Å²) in [5, 5.41) is 3.46. The van der Waals surface area contributed by atoms with Crippen molar-refractivity contribution in [3.8, 4) is 16.9 Å². The summed E-state index contributed by atoms with van der Waals surface area (Å²) in [5.74, 6) is 0.612. The van der Waals surface area contributed by atoms with Crippen LogP contribution in [0.1, 0.15) is 11.1 Å². The van der Waals surface area contributed by atoms with Crippen molar-refractivity contribution in [2.24, 2.45) is 0 Å². The van der Waals surface area contributed by atoms with Gasteiger partial charge in [0.1, 0.15) is 5.75 Å². The lowest BCUT2D eigenvalue weighted by Gasteiger charge is -2.10. The minimum absolute atomic E-state index is 0.138. The highest BCUT2D eigenvalue weighted by atomic mass is 35.5. The van der Waals surface area contributed by atoms with Crippen LogP contribution in [0.15, 0.2) is 60.9 Å². The molecule has 2 heterocycles. The molecule has 0 spiro atoms. The lowest BCUT2D eigenvalue weighted by Crippen LogP contribution is -2.03. The lowest BCUT2D eigenvalue weighted by molar-refractivity contribution is -0.110. The average Bonchev–Trinajstić information content (AvgIpc) is 2.97. The molecule has 2 aromatic carbocycles. The minimum atomic E-state index is -0.138. The number of rotatable bonds is 3. The number of anilines is 1. The molecule has 0 aliphatic carbocycles. The molecular formula is C21H15ClN2O2. The first kappa shape index (κ1) is 16.4. The Balaban J connectivity index is 1.82. The molecule has 26 heavy (non-hydrogen) atoms. The Hall–Kier alpha value is -3.11. The summed E-state index contributed by atoms with van der Waals surface area (Å²) in [7, 11) is 1.63. The van der Waals surface area contributed by atoms with Crippen LogP contribution < -0.4 is 10.1 Å². The smallest absolute Gasteiger partial charge is 0.256 e. The highest BCUT2D eigenvalue weighted by Gasteiger charge is 2.24. The molecule has 0 saturated heterocycles. The number of ether oxygens (including phenoxy) is 1. The Kier molecular flexibility index (Phi) is 4.19. The number of hydrogen-bond acceptors (Lipinski definition) is 3. The van der Waals surface area contributed by atoms with E-state index >= 15 is 0 Å². The van der Waals surface area contributed by atoms with Gasteiger partial charge in [0, 0.05) is 45.4 Å². The number of carbonyl (C=O) groups is 1. The predicted molar refractivity (Wildman–Crippen MR) is 104 cm³/mol. The predicted octanol–water partition coefficient (Wildman–Crippen LogP) is 4.90. The van der Waals surface area contributed by atoms with E-state index in [1.165, 1.54) is 0 Å². The second kappa shape index (κ2) is 6.65. The number of amides is 1. The van der Waals surface area contributed by atoms with Crippen LogP contribution in [0, 0.1) is 0 Å². The van der Waals surface area contributed by atoms with Crippen LogP contribution >= 0.6 is 11.6 Å². The molecule has 0 fully saturated rings. The van der Waals surface area contributed by atoms with Gasteiger partial charge in [-0.25, -0.2) is 0 Å². The minimum Gasteiger partial charge on any atom is -0.496 e. The fourth-order valence-corrected chi connectivity index (χ4v) is 3.21. The summed E-state index contributed by atoms with van der Waals surface area (Å²) in [6, 6.07) is 15.0. The lowest BCUT2D eigenvalue weighted by atomic mass is 10.00. The van der Waals surface area contributed by atoms with Gasteiger partial charge in [-0.15, -0.1) is 0 Å². The summed E-state index contributed by atoms with van der Waals surface area (Å²) in [6.07, 6.45) is 5.37. The molecule has 1 aliphatic heterocycles. The number of pyridine rings is 1. The largest absolute Gasteiger partial charge is 0.496 e. The molecular weight excluding hydrogens is 348 g/mol. The molecule has 4 nitrogen and oxygen atoms in total. The zero-order chi connectivity index (χ0) is 18.1. The van der Waals surface area contributed by atoms with Crippen molar-refractivity contribution in [2.75, 3.05) is 12.4 Å². The molecule has 0 atom stereocenters. The normalized spacial score (nSPS) is 14.2. The summed E-state index contributed by atoms with van der Waals surface area (Å²) in [4.78, 5) is 16.5. The van der Waals surface area contributed by atoms with E-state index in [1.807, 2.05) is 42.5 Å². The Morgan fingerprint density at radius 1 is 1.12 bits per heavy atom. The maximum Gasteiger partial charge on any atom is 0.256 e. The number of aromatic nitrogens is 1. The standard InChI is InChI=1S/C21H15ClN2O2/c1-26-20-7-4-13(9-16(20)14-3-2-8-23-12-14)10-18-17-11-15(22)5-6-19(17)24-21(18)25/h2-12H,1H3,(H,24,25)/b18-10-. The van der Waals surface area contributed by atoms with Crippen LogP contribution in [0.25, 0.3) is 22.8 Å². The van der Waals surface area contributed by atoms with E-state index < -0.39 is 0 Å². The van der Waals surface area contributed by atoms with Gasteiger partial charge < -0.3 is 10.1 Å². The highest BCUT2D eigenvalue weighted by Crippen LogP contribution is 2.36. The van der Waals surface area contributed by atoms with Gasteiger partial charge in [-0.2, -0.15) is 0 Å². The first-order chi connectivity index (χ1) is 12.7. The number of carbonyl (C=O) groups excluding carboxylic acids is 1. The van der Waals surface area contributed by atoms with E-state index in [-0.39, 0.29) is 5.91 Å². The van der Waals surface area contributed by atoms with Crippen molar-refractivity contribution in [2.45, 2.75) is 0 Å². The van der Waals surface area contributed by atoms with E-state index in [9.17, 15) is 4.79 Å². The second-order valence-corrected chi connectivity index (χ2v) is 6.34. The van der Waals surface area contributed by atoms with Crippen LogP contribution in [-0.2, 0) is 4.79 Å². The molecule has 128 valence electrons.